The van der Waals surface area contributed by atoms with Crippen molar-refractivity contribution < 1.29 is 22.3 Å². The zero-order valence-corrected chi connectivity index (χ0v) is 16.7. The minimum Gasteiger partial charge on any atom is -0.489 e. The van der Waals surface area contributed by atoms with Crippen molar-refractivity contribution in [2.45, 2.75) is 4.90 Å². The molecule has 0 saturated carbocycles. The second kappa shape index (κ2) is 9.23. The molecule has 0 fully saturated rings. The molecule has 1 amide bonds. The molecule has 0 radical (unpaired) electrons. The number of anilines is 2. The topological polar surface area (TPSA) is 84.5 Å². The summed E-state index contributed by atoms with van der Waals surface area (Å²) in [6, 6.07) is 17.7. The molecule has 0 bridgehead atoms. The van der Waals surface area contributed by atoms with Crippen molar-refractivity contribution in [3.05, 3.63) is 96.8 Å². The third kappa shape index (κ3) is 5.24. The third-order valence-corrected chi connectivity index (χ3v) is 5.35. The Balaban J connectivity index is 1.78. The van der Waals surface area contributed by atoms with Crippen LogP contribution in [0.15, 0.2) is 90.3 Å². The summed E-state index contributed by atoms with van der Waals surface area (Å²) >= 11 is 0. The molecule has 0 saturated heterocycles. The SMILES string of the molecule is C=CCOc1cccc(NC(=O)c2cccc(S(=O)(=O)Nc3ccccc3F)c2)c1. The quantitative estimate of drug-likeness (QED) is 0.522. The number of amides is 1. The highest BCUT2D eigenvalue weighted by Crippen LogP contribution is 2.21. The lowest BCUT2D eigenvalue weighted by atomic mass is 10.2. The molecule has 8 heteroatoms. The van der Waals surface area contributed by atoms with Crippen molar-refractivity contribution in [1.82, 2.24) is 0 Å². The lowest BCUT2D eigenvalue weighted by Gasteiger charge is -2.11. The Bertz CT molecular complexity index is 1180. The lowest BCUT2D eigenvalue weighted by Crippen LogP contribution is -2.16. The van der Waals surface area contributed by atoms with Crippen LogP contribution >= 0.6 is 0 Å². The first-order valence-electron chi connectivity index (χ1n) is 8.91. The van der Waals surface area contributed by atoms with Crippen molar-refractivity contribution in [2.24, 2.45) is 0 Å². The minimum atomic E-state index is -4.08. The molecule has 30 heavy (non-hydrogen) atoms. The molecule has 3 rings (SSSR count). The molecule has 154 valence electrons. The normalized spacial score (nSPS) is 10.8. The summed E-state index contributed by atoms with van der Waals surface area (Å²) in [5.74, 6) is -0.648. The number of hydrogen-bond donors (Lipinski definition) is 2. The van der Waals surface area contributed by atoms with E-state index in [-0.39, 0.29) is 16.1 Å². The summed E-state index contributed by atoms with van der Waals surface area (Å²) in [6.07, 6.45) is 1.60. The highest BCUT2D eigenvalue weighted by Gasteiger charge is 2.18. The summed E-state index contributed by atoms with van der Waals surface area (Å²) in [7, 11) is -4.08. The predicted octanol–water partition coefficient (Wildman–Crippen LogP) is 4.44. The third-order valence-electron chi connectivity index (χ3n) is 3.98. The fourth-order valence-electron chi connectivity index (χ4n) is 2.57. The minimum absolute atomic E-state index is 0.129. The van der Waals surface area contributed by atoms with Gasteiger partial charge < -0.3 is 10.1 Å². The van der Waals surface area contributed by atoms with Gasteiger partial charge in [-0.3, -0.25) is 9.52 Å². The molecular formula is C22H19FN2O4S. The van der Waals surface area contributed by atoms with E-state index in [2.05, 4.69) is 16.6 Å². The molecule has 3 aromatic carbocycles. The summed E-state index contributed by atoms with van der Waals surface area (Å²) in [6.45, 7) is 3.90. The van der Waals surface area contributed by atoms with Crippen LogP contribution in [0, 0.1) is 5.82 Å². The maximum Gasteiger partial charge on any atom is 0.262 e. The van der Waals surface area contributed by atoms with Crippen LogP contribution < -0.4 is 14.8 Å². The maximum atomic E-state index is 13.8. The van der Waals surface area contributed by atoms with Gasteiger partial charge >= 0.3 is 0 Å². The van der Waals surface area contributed by atoms with Gasteiger partial charge in [-0.1, -0.05) is 36.9 Å². The molecule has 0 aliphatic carbocycles. The molecule has 6 nitrogen and oxygen atoms in total. The Labute approximate surface area is 174 Å². The van der Waals surface area contributed by atoms with Gasteiger partial charge in [0, 0.05) is 17.3 Å². The Morgan fingerprint density at radius 2 is 1.80 bits per heavy atom. The van der Waals surface area contributed by atoms with Gasteiger partial charge in [-0.05, 0) is 42.5 Å². The number of ether oxygens (including phenoxy) is 1. The number of carbonyl (C=O) groups is 1. The van der Waals surface area contributed by atoms with E-state index in [0.29, 0.717) is 18.0 Å². The van der Waals surface area contributed by atoms with Gasteiger partial charge in [0.15, 0.2) is 0 Å². The van der Waals surface area contributed by atoms with Crippen molar-refractivity contribution in [1.29, 1.82) is 0 Å². The maximum absolute atomic E-state index is 13.8. The zero-order chi connectivity index (χ0) is 21.6. The molecule has 0 heterocycles. The first-order chi connectivity index (χ1) is 14.4. The Morgan fingerprint density at radius 3 is 2.57 bits per heavy atom. The van der Waals surface area contributed by atoms with Gasteiger partial charge in [0.2, 0.25) is 0 Å². The molecule has 3 aromatic rings. The van der Waals surface area contributed by atoms with Gasteiger partial charge in [-0.2, -0.15) is 0 Å². The number of benzene rings is 3. The standard InChI is InChI=1S/C22H19FN2O4S/c1-2-13-29-18-9-6-8-17(15-18)24-22(26)16-7-5-10-19(14-16)30(27,28)25-21-12-4-3-11-20(21)23/h2-12,14-15,25H,1,13H2,(H,24,26). The number of sulfonamides is 1. The molecular weight excluding hydrogens is 407 g/mol. The second-order valence-electron chi connectivity index (χ2n) is 6.19. The molecule has 0 aliphatic rings. The summed E-state index contributed by atoms with van der Waals surface area (Å²) < 4.78 is 46.6. The van der Waals surface area contributed by atoms with Crippen molar-refractivity contribution in [3.63, 3.8) is 0 Å². The van der Waals surface area contributed by atoms with E-state index in [1.165, 1.54) is 42.5 Å². The van der Waals surface area contributed by atoms with Gasteiger partial charge in [0.25, 0.3) is 15.9 Å². The van der Waals surface area contributed by atoms with E-state index in [1.54, 1.807) is 30.3 Å². The van der Waals surface area contributed by atoms with E-state index in [1.807, 2.05) is 0 Å². The number of nitrogens with one attached hydrogen (secondary N) is 2. The highest BCUT2D eigenvalue weighted by atomic mass is 32.2. The van der Waals surface area contributed by atoms with Crippen LogP contribution in [0.1, 0.15) is 10.4 Å². The highest BCUT2D eigenvalue weighted by molar-refractivity contribution is 7.92. The number of para-hydroxylation sites is 1. The number of halogens is 1. The van der Waals surface area contributed by atoms with Gasteiger partial charge in [0.1, 0.15) is 18.2 Å². The van der Waals surface area contributed by atoms with Crippen LogP contribution in [-0.2, 0) is 10.0 Å². The molecule has 0 atom stereocenters. The Morgan fingerprint density at radius 1 is 1.03 bits per heavy atom. The number of hydrogen-bond acceptors (Lipinski definition) is 4. The monoisotopic (exact) mass is 426 g/mol. The predicted molar refractivity (Wildman–Crippen MR) is 114 cm³/mol. The fourth-order valence-corrected chi connectivity index (χ4v) is 3.69. The van der Waals surface area contributed by atoms with Crippen LogP contribution in [0.25, 0.3) is 0 Å². The summed E-state index contributed by atoms with van der Waals surface area (Å²) in [5.41, 5.74) is 0.437. The van der Waals surface area contributed by atoms with Crippen LogP contribution in [0.4, 0.5) is 15.8 Å². The number of rotatable bonds is 8. The van der Waals surface area contributed by atoms with E-state index < -0.39 is 21.7 Å². The molecule has 0 unspecified atom stereocenters. The second-order valence-corrected chi connectivity index (χ2v) is 7.88. The van der Waals surface area contributed by atoms with Gasteiger partial charge in [-0.25, -0.2) is 12.8 Å². The average Bonchev–Trinajstić information content (AvgIpc) is 2.74. The van der Waals surface area contributed by atoms with Crippen LogP contribution in [-0.4, -0.2) is 20.9 Å². The van der Waals surface area contributed by atoms with E-state index in [0.717, 1.165) is 6.07 Å². The number of carbonyl (C=O) groups excluding carboxylic acids is 1. The van der Waals surface area contributed by atoms with Crippen molar-refractivity contribution >= 4 is 27.3 Å². The summed E-state index contributed by atoms with van der Waals surface area (Å²) in [5, 5.41) is 2.69. The molecule has 0 spiro atoms. The first-order valence-corrected chi connectivity index (χ1v) is 10.4. The first kappa shape index (κ1) is 21.1. The smallest absolute Gasteiger partial charge is 0.262 e. The van der Waals surface area contributed by atoms with E-state index in [4.69, 9.17) is 4.74 Å². The lowest BCUT2D eigenvalue weighted by molar-refractivity contribution is 0.102. The Kier molecular flexibility index (Phi) is 6.48. The summed E-state index contributed by atoms with van der Waals surface area (Å²) in [4.78, 5) is 12.4. The largest absolute Gasteiger partial charge is 0.489 e. The van der Waals surface area contributed by atoms with Crippen molar-refractivity contribution in [3.8, 4) is 5.75 Å². The molecule has 0 aromatic heterocycles. The molecule has 0 aliphatic heterocycles. The average molecular weight is 426 g/mol. The van der Waals surface area contributed by atoms with Gasteiger partial charge in [-0.15, -0.1) is 0 Å². The van der Waals surface area contributed by atoms with Crippen LogP contribution in [0.2, 0.25) is 0 Å². The van der Waals surface area contributed by atoms with Crippen LogP contribution in [0.3, 0.4) is 0 Å². The van der Waals surface area contributed by atoms with Gasteiger partial charge in [0.05, 0.1) is 10.6 Å². The van der Waals surface area contributed by atoms with Crippen molar-refractivity contribution in [2.75, 3.05) is 16.6 Å². The van der Waals surface area contributed by atoms with E-state index >= 15 is 0 Å². The Hall–Kier alpha value is -3.65. The zero-order valence-electron chi connectivity index (χ0n) is 15.8. The molecule has 2 N–H and O–H groups in total. The van der Waals surface area contributed by atoms with Crippen LogP contribution in [0.5, 0.6) is 5.75 Å². The van der Waals surface area contributed by atoms with E-state index in [9.17, 15) is 17.6 Å². The fraction of sp³-hybridized carbons (Fsp3) is 0.0455.